The maximum atomic E-state index is 13.6. The molecule has 5 heteroatoms. The van der Waals surface area contributed by atoms with Crippen molar-refractivity contribution in [2.24, 2.45) is 5.92 Å². The summed E-state index contributed by atoms with van der Waals surface area (Å²) in [6, 6.07) is 1.34. The van der Waals surface area contributed by atoms with Crippen molar-refractivity contribution in [1.82, 2.24) is 10.3 Å². The van der Waals surface area contributed by atoms with Crippen LogP contribution in [0.15, 0.2) is 12.3 Å². The van der Waals surface area contributed by atoms with E-state index in [0.717, 1.165) is 12.8 Å². The predicted molar refractivity (Wildman–Crippen MR) is 69.6 cm³/mol. The molecule has 0 bridgehead atoms. The van der Waals surface area contributed by atoms with Crippen LogP contribution in [0.3, 0.4) is 0 Å². The zero-order valence-corrected chi connectivity index (χ0v) is 11.0. The van der Waals surface area contributed by atoms with Crippen LogP contribution in [0.25, 0.3) is 0 Å². The molecule has 1 aromatic rings. The van der Waals surface area contributed by atoms with Gasteiger partial charge < -0.3 is 11.1 Å². The molecular formula is C13H20FN3O. The third-order valence-corrected chi connectivity index (χ3v) is 3.28. The SMILES string of the molecule is CCC(CC)C(C)NC(=O)c1ccnc(N)c1F. The molecule has 0 aromatic carbocycles. The summed E-state index contributed by atoms with van der Waals surface area (Å²) in [7, 11) is 0. The Hall–Kier alpha value is -1.65. The summed E-state index contributed by atoms with van der Waals surface area (Å²) in [6.07, 6.45) is 3.27. The zero-order chi connectivity index (χ0) is 13.7. The Morgan fingerprint density at radius 1 is 1.50 bits per heavy atom. The number of carbonyl (C=O) groups is 1. The molecule has 0 aliphatic heterocycles. The highest BCUT2D eigenvalue weighted by molar-refractivity contribution is 5.95. The largest absolute Gasteiger partial charge is 0.381 e. The molecule has 18 heavy (non-hydrogen) atoms. The number of aromatic nitrogens is 1. The van der Waals surface area contributed by atoms with Gasteiger partial charge in [-0.05, 0) is 18.9 Å². The monoisotopic (exact) mass is 253 g/mol. The number of nitrogens with zero attached hydrogens (tertiary/aromatic N) is 1. The first kappa shape index (κ1) is 14.4. The molecule has 1 rings (SSSR count). The van der Waals surface area contributed by atoms with E-state index in [1.54, 1.807) is 0 Å². The lowest BCUT2D eigenvalue weighted by atomic mass is 9.95. The van der Waals surface area contributed by atoms with Crippen molar-refractivity contribution in [3.8, 4) is 0 Å². The Kier molecular flexibility index (Phi) is 5.07. The summed E-state index contributed by atoms with van der Waals surface area (Å²) in [5.74, 6) is -1.07. The highest BCUT2D eigenvalue weighted by Crippen LogP contribution is 2.15. The van der Waals surface area contributed by atoms with Gasteiger partial charge in [-0.2, -0.15) is 0 Å². The van der Waals surface area contributed by atoms with Crippen LogP contribution >= 0.6 is 0 Å². The van der Waals surface area contributed by atoms with Gasteiger partial charge in [-0.25, -0.2) is 9.37 Å². The van der Waals surface area contributed by atoms with Gasteiger partial charge in [-0.3, -0.25) is 4.79 Å². The van der Waals surface area contributed by atoms with Crippen molar-refractivity contribution in [2.75, 3.05) is 5.73 Å². The van der Waals surface area contributed by atoms with E-state index >= 15 is 0 Å². The van der Waals surface area contributed by atoms with Gasteiger partial charge in [0.25, 0.3) is 5.91 Å². The van der Waals surface area contributed by atoms with E-state index in [2.05, 4.69) is 24.1 Å². The smallest absolute Gasteiger partial charge is 0.254 e. The Balaban J connectivity index is 2.79. The summed E-state index contributed by atoms with van der Waals surface area (Å²) in [6.45, 7) is 6.07. The van der Waals surface area contributed by atoms with Gasteiger partial charge in [0.1, 0.15) is 0 Å². The lowest BCUT2D eigenvalue weighted by Gasteiger charge is -2.22. The van der Waals surface area contributed by atoms with E-state index in [4.69, 9.17) is 5.73 Å². The highest BCUT2D eigenvalue weighted by atomic mass is 19.1. The van der Waals surface area contributed by atoms with E-state index in [0.29, 0.717) is 5.92 Å². The number of hydrogen-bond acceptors (Lipinski definition) is 3. The van der Waals surface area contributed by atoms with Crippen molar-refractivity contribution in [1.29, 1.82) is 0 Å². The second-order valence-corrected chi connectivity index (χ2v) is 4.40. The second-order valence-electron chi connectivity index (χ2n) is 4.40. The molecule has 0 radical (unpaired) electrons. The van der Waals surface area contributed by atoms with E-state index in [1.165, 1.54) is 12.3 Å². The van der Waals surface area contributed by atoms with Gasteiger partial charge in [-0.1, -0.05) is 26.7 Å². The first-order chi connectivity index (χ1) is 8.51. The number of halogens is 1. The minimum absolute atomic E-state index is 0.00119. The van der Waals surface area contributed by atoms with Gasteiger partial charge >= 0.3 is 0 Å². The number of anilines is 1. The molecule has 100 valence electrons. The van der Waals surface area contributed by atoms with Crippen LogP contribution in [0.5, 0.6) is 0 Å². The first-order valence-electron chi connectivity index (χ1n) is 6.22. The van der Waals surface area contributed by atoms with Crippen molar-refractivity contribution < 1.29 is 9.18 Å². The number of nitrogens with two attached hydrogens (primary N) is 1. The normalized spacial score (nSPS) is 12.5. The van der Waals surface area contributed by atoms with E-state index in [9.17, 15) is 9.18 Å². The molecule has 1 aromatic heterocycles. The third-order valence-electron chi connectivity index (χ3n) is 3.28. The van der Waals surface area contributed by atoms with Crippen LogP contribution < -0.4 is 11.1 Å². The van der Waals surface area contributed by atoms with Crippen molar-refractivity contribution in [3.63, 3.8) is 0 Å². The zero-order valence-electron chi connectivity index (χ0n) is 11.0. The summed E-state index contributed by atoms with van der Waals surface area (Å²) >= 11 is 0. The third kappa shape index (κ3) is 3.18. The fourth-order valence-electron chi connectivity index (χ4n) is 2.03. The number of hydrogen-bond donors (Lipinski definition) is 2. The van der Waals surface area contributed by atoms with Crippen molar-refractivity contribution in [2.45, 2.75) is 39.7 Å². The number of pyridine rings is 1. The second kappa shape index (κ2) is 6.33. The molecule has 1 atom stereocenters. The van der Waals surface area contributed by atoms with Crippen LogP contribution in [0, 0.1) is 11.7 Å². The molecule has 1 amide bonds. The summed E-state index contributed by atoms with van der Waals surface area (Å²) < 4.78 is 13.6. The first-order valence-corrected chi connectivity index (χ1v) is 6.22. The van der Waals surface area contributed by atoms with Crippen LogP contribution in [0.2, 0.25) is 0 Å². The van der Waals surface area contributed by atoms with E-state index < -0.39 is 11.7 Å². The standard InChI is InChI=1S/C13H20FN3O/c1-4-9(5-2)8(3)17-13(18)10-6-7-16-12(15)11(10)14/h6-9H,4-5H2,1-3H3,(H2,15,16)(H,17,18). The minimum atomic E-state index is -0.758. The number of nitrogens with one attached hydrogen (secondary N) is 1. The molecule has 0 fully saturated rings. The lowest BCUT2D eigenvalue weighted by Crippen LogP contribution is -2.38. The van der Waals surface area contributed by atoms with Gasteiger partial charge in [0, 0.05) is 12.2 Å². The maximum Gasteiger partial charge on any atom is 0.254 e. The molecule has 0 aliphatic carbocycles. The topological polar surface area (TPSA) is 68.0 Å². The minimum Gasteiger partial charge on any atom is -0.381 e. The molecule has 0 saturated carbocycles. The van der Waals surface area contributed by atoms with Gasteiger partial charge in [-0.15, -0.1) is 0 Å². The van der Waals surface area contributed by atoms with Crippen LogP contribution in [0.1, 0.15) is 44.0 Å². The molecular weight excluding hydrogens is 233 g/mol. The molecule has 1 unspecified atom stereocenters. The Bertz CT molecular complexity index is 419. The molecule has 0 spiro atoms. The number of carbonyl (C=O) groups excluding carboxylic acids is 1. The maximum absolute atomic E-state index is 13.6. The molecule has 4 nitrogen and oxygen atoms in total. The number of rotatable bonds is 5. The summed E-state index contributed by atoms with van der Waals surface area (Å²) in [4.78, 5) is 15.5. The number of nitrogen functional groups attached to an aromatic ring is 1. The molecule has 3 N–H and O–H groups in total. The van der Waals surface area contributed by atoms with E-state index in [-0.39, 0.29) is 17.4 Å². The Labute approximate surface area is 107 Å². The summed E-state index contributed by atoms with van der Waals surface area (Å²) in [5, 5.41) is 2.80. The fraction of sp³-hybridized carbons (Fsp3) is 0.538. The van der Waals surface area contributed by atoms with Gasteiger partial charge in [0.05, 0.1) is 5.56 Å². The quantitative estimate of drug-likeness (QED) is 0.846. The molecule has 1 heterocycles. The van der Waals surface area contributed by atoms with Crippen LogP contribution in [-0.2, 0) is 0 Å². The molecule has 0 saturated heterocycles. The Morgan fingerprint density at radius 3 is 2.67 bits per heavy atom. The summed E-state index contributed by atoms with van der Waals surface area (Å²) in [5.41, 5.74) is 5.28. The van der Waals surface area contributed by atoms with Crippen molar-refractivity contribution >= 4 is 11.7 Å². The lowest BCUT2D eigenvalue weighted by molar-refractivity contribution is 0.0921. The predicted octanol–water partition coefficient (Wildman–Crippen LogP) is 2.36. The van der Waals surface area contributed by atoms with Crippen LogP contribution in [0.4, 0.5) is 10.2 Å². The van der Waals surface area contributed by atoms with Gasteiger partial charge in [0.2, 0.25) is 0 Å². The average Bonchev–Trinajstić information content (AvgIpc) is 2.34. The van der Waals surface area contributed by atoms with Gasteiger partial charge in [0.15, 0.2) is 11.6 Å². The fourth-order valence-corrected chi connectivity index (χ4v) is 2.03. The van der Waals surface area contributed by atoms with Crippen molar-refractivity contribution in [3.05, 3.63) is 23.6 Å². The molecule has 0 aliphatic rings. The Morgan fingerprint density at radius 2 is 2.11 bits per heavy atom. The van der Waals surface area contributed by atoms with Crippen LogP contribution in [-0.4, -0.2) is 16.9 Å². The van der Waals surface area contributed by atoms with E-state index in [1.807, 2.05) is 6.92 Å². The average molecular weight is 253 g/mol. The number of amides is 1. The highest BCUT2D eigenvalue weighted by Gasteiger charge is 2.19.